The summed E-state index contributed by atoms with van der Waals surface area (Å²) in [6.07, 6.45) is 1.61. The second kappa shape index (κ2) is 12.2. The smallest absolute Gasteiger partial charge is 0.344 e. The van der Waals surface area contributed by atoms with Gasteiger partial charge in [0.25, 0.3) is 5.75 Å². The van der Waals surface area contributed by atoms with Crippen LogP contribution in [-0.4, -0.2) is 38.1 Å². The summed E-state index contributed by atoms with van der Waals surface area (Å²) < 4.78 is 12.5. The highest BCUT2D eigenvalue weighted by Gasteiger charge is 2.35. The van der Waals surface area contributed by atoms with Gasteiger partial charge in [-0.05, 0) is 45.2 Å². The topological polar surface area (TPSA) is 140 Å². The number of para-hydroxylation sites is 1. The summed E-state index contributed by atoms with van der Waals surface area (Å²) in [7, 11) is 0. The van der Waals surface area contributed by atoms with Gasteiger partial charge in [0.05, 0.1) is 22.6 Å². The van der Waals surface area contributed by atoms with Crippen molar-refractivity contribution in [1.82, 2.24) is 9.55 Å². The third kappa shape index (κ3) is 6.20. The molecule has 0 aliphatic heterocycles. The van der Waals surface area contributed by atoms with Crippen molar-refractivity contribution < 1.29 is 24.1 Å². The average molecular weight is 533 g/mol. The number of aromatic nitrogens is 2. The molecule has 4 rings (SSSR count). The number of unbranched alkanes of at least 4 members (excludes halogenated alkanes) is 2. The second-order valence-electron chi connectivity index (χ2n) is 9.13. The van der Waals surface area contributed by atoms with Crippen LogP contribution >= 0.6 is 0 Å². The first-order valence-electron chi connectivity index (χ1n) is 12.6. The maximum atomic E-state index is 12.4. The Labute approximate surface area is 224 Å². The van der Waals surface area contributed by atoms with E-state index in [9.17, 15) is 25.0 Å². The van der Waals surface area contributed by atoms with E-state index in [0.717, 1.165) is 0 Å². The molecule has 11 heteroatoms. The summed E-state index contributed by atoms with van der Waals surface area (Å²) in [6.45, 7) is 3.54. The molecule has 0 atom stereocenters. The third-order valence-electron chi connectivity index (χ3n) is 5.91. The van der Waals surface area contributed by atoms with E-state index in [4.69, 9.17) is 9.47 Å². The van der Waals surface area contributed by atoms with E-state index in [-0.39, 0.29) is 36.1 Å². The van der Waals surface area contributed by atoms with Gasteiger partial charge in [-0.2, -0.15) is 0 Å². The third-order valence-corrected chi connectivity index (χ3v) is 5.91. The van der Waals surface area contributed by atoms with E-state index in [1.165, 1.54) is 6.07 Å². The van der Waals surface area contributed by atoms with Crippen LogP contribution in [0, 0.1) is 20.2 Å². The van der Waals surface area contributed by atoms with E-state index in [1.807, 2.05) is 36.4 Å². The largest absolute Gasteiger partial charge is 0.482 e. The maximum absolute atomic E-state index is 12.4. The first-order valence-corrected chi connectivity index (χ1v) is 12.6. The lowest BCUT2D eigenvalue weighted by Gasteiger charge is -2.12. The molecule has 0 saturated heterocycles. The molecule has 0 amide bonds. The van der Waals surface area contributed by atoms with Crippen LogP contribution < -0.4 is 4.74 Å². The van der Waals surface area contributed by atoms with Crippen molar-refractivity contribution in [3.63, 3.8) is 0 Å². The molecule has 0 fully saturated rings. The number of ether oxygens (including phenoxy) is 2. The molecule has 0 radical (unpaired) electrons. The van der Waals surface area contributed by atoms with Crippen LogP contribution in [0.2, 0.25) is 0 Å². The number of hydrogen-bond acceptors (Lipinski definition) is 8. The highest BCUT2D eigenvalue weighted by atomic mass is 16.6. The second-order valence-corrected chi connectivity index (χ2v) is 9.13. The van der Waals surface area contributed by atoms with Crippen LogP contribution in [0.5, 0.6) is 5.75 Å². The number of carbonyl (C=O) groups excluding carboxylic acids is 1. The van der Waals surface area contributed by atoms with E-state index >= 15 is 0 Å². The van der Waals surface area contributed by atoms with Gasteiger partial charge in [0, 0.05) is 23.7 Å². The van der Waals surface area contributed by atoms with Gasteiger partial charge in [0.2, 0.25) is 0 Å². The summed E-state index contributed by atoms with van der Waals surface area (Å²) >= 11 is 0. The number of nitrogens with zero attached hydrogens (tertiary/aromatic N) is 4. The standard InChI is InChI=1S/C28H28N4O7/c1-19(2)39-24(33)16-10-5-11-17-38-27-23(31(34)35)18-22-25(26(27)32(36)37)30(21-14-8-4-9-15-21)28(29-22)20-12-6-3-7-13-20/h3-4,6-9,12-15,18-19H,5,10-11,16-17H2,1-2H3. The Morgan fingerprint density at radius 2 is 1.62 bits per heavy atom. The van der Waals surface area contributed by atoms with Gasteiger partial charge in [0.15, 0.2) is 5.52 Å². The fourth-order valence-electron chi connectivity index (χ4n) is 4.29. The maximum Gasteiger partial charge on any atom is 0.344 e. The van der Waals surface area contributed by atoms with Crippen LogP contribution in [0.1, 0.15) is 39.5 Å². The van der Waals surface area contributed by atoms with Crippen LogP contribution in [0.3, 0.4) is 0 Å². The van der Waals surface area contributed by atoms with E-state index in [2.05, 4.69) is 4.98 Å². The molecule has 39 heavy (non-hydrogen) atoms. The van der Waals surface area contributed by atoms with E-state index in [1.54, 1.807) is 42.7 Å². The molecule has 0 saturated carbocycles. The van der Waals surface area contributed by atoms with Crippen molar-refractivity contribution in [1.29, 1.82) is 0 Å². The van der Waals surface area contributed by atoms with E-state index < -0.39 is 27.0 Å². The zero-order valence-electron chi connectivity index (χ0n) is 21.6. The highest BCUT2D eigenvalue weighted by molar-refractivity contribution is 5.96. The Morgan fingerprint density at radius 3 is 2.23 bits per heavy atom. The predicted octanol–water partition coefficient (Wildman–Crippen LogP) is 6.40. The number of nitro groups is 2. The Hall–Kier alpha value is -4.80. The fraction of sp³-hybridized carbons (Fsp3) is 0.286. The average Bonchev–Trinajstić information content (AvgIpc) is 3.29. The monoisotopic (exact) mass is 532 g/mol. The minimum atomic E-state index is -0.701. The lowest BCUT2D eigenvalue weighted by molar-refractivity contribution is -0.395. The van der Waals surface area contributed by atoms with Gasteiger partial charge in [-0.15, -0.1) is 0 Å². The van der Waals surface area contributed by atoms with Gasteiger partial charge in [-0.1, -0.05) is 48.5 Å². The molecule has 202 valence electrons. The molecule has 0 aliphatic carbocycles. The molecule has 4 aromatic rings. The summed E-state index contributed by atoms with van der Waals surface area (Å²) in [5, 5.41) is 24.4. The Bertz CT molecular complexity index is 1480. The van der Waals surface area contributed by atoms with Gasteiger partial charge in [-0.25, -0.2) is 4.98 Å². The Balaban J connectivity index is 1.75. The Morgan fingerprint density at radius 1 is 0.949 bits per heavy atom. The highest BCUT2D eigenvalue weighted by Crippen LogP contribution is 2.45. The molecule has 0 aliphatic rings. The number of hydrogen-bond donors (Lipinski definition) is 0. The fourth-order valence-corrected chi connectivity index (χ4v) is 4.29. The minimum Gasteiger partial charge on any atom is -0.482 e. The van der Waals surface area contributed by atoms with Crippen molar-refractivity contribution in [2.75, 3.05) is 6.61 Å². The van der Waals surface area contributed by atoms with Crippen molar-refractivity contribution in [2.24, 2.45) is 0 Å². The molecular formula is C28H28N4O7. The Kier molecular flexibility index (Phi) is 8.50. The van der Waals surface area contributed by atoms with Crippen molar-refractivity contribution in [2.45, 2.75) is 45.6 Å². The summed E-state index contributed by atoms with van der Waals surface area (Å²) in [6, 6.07) is 19.3. The molecule has 0 N–H and O–H groups in total. The van der Waals surface area contributed by atoms with Gasteiger partial charge < -0.3 is 9.47 Å². The number of nitro benzene ring substituents is 2. The first kappa shape index (κ1) is 27.2. The van der Waals surface area contributed by atoms with Crippen LogP contribution in [0.15, 0.2) is 66.7 Å². The molecule has 0 spiro atoms. The summed E-state index contributed by atoms with van der Waals surface area (Å²) in [4.78, 5) is 39.4. The normalized spacial score (nSPS) is 11.1. The lowest BCUT2D eigenvalue weighted by atomic mass is 10.2. The number of imidazole rings is 1. The molecule has 1 heterocycles. The number of benzene rings is 3. The summed E-state index contributed by atoms with van der Waals surface area (Å²) in [5.41, 5.74) is 0.433. The van der Waals surface area contributed by atoms with Crippen molar-refractivity contribution in [3.8, 4) is 22.8 Å². The quantitative estimate of drug-likeness (QED) is 0.0883. The van der Waals surface area contributed by atoms with Crippen LogP contribution in [0.4, 0.5) is 11.4 Å². The van der Waals surface area contributed by atoms with E-state index in [0.29, 0.717) is 36.3 Å². The number of esters is 1. The summed E-state index contributed by atoms with van der Waals surface area (Å²) in [5.74, 6) is -0.320. The zero-order chi connectivity index (χ0) is 27.9. The van der Waals surface area contributed by atoms with Gasteiger partial charge in [0.1, 0.15) is 11.3 Å². The molecule has 0 bridgehead atoms. The predicted molar refractivity (Wildman–Crippen MR) is 145 cm³/mol. The number of carbonyl (C=O) groups is 1. The molecule has 11 nitrogen and oxygen atoms in total. The SMILES string of the molecule is CC(C)OC(=O)CCCCCOc1c([N+](=O)[O-])cc2nc(-c3ccccc3)n(-c3ccccc3)c2c1[N+](=O)[O-]. The number of fused-ring (bicyclic) bond motifs is 1. The molecule has 0 unspecified atom stereocenters. The van der Waals surface area contributed by atoms with Crippen LogP contribution in [-0.2, 0) is 9.53 Å². The van der Waals surface area contributed by atoms with Crippen molar-refractivity contribution >= 4 is 28.4 Å². The van der Waals surface area contributed by atoms with Gasteiger partial charge >= 0.3 is 17.3 Å². The zero-order valence-corrected chi connectivity index (χ0v) is 21.6. The molecular weight excluding hydrogens is 504 g/mol. The molecule has 1 aromatic heterocycles. The molecule has 3 aromatic carbocycles. The number of rotatable bonds is 12. The lowest BCUT2D eigenvalue weighted by Crippen LogP contribution is -2.11. The van der Waals surface area contributed by atoms with Crippen molar-refractivity contribution in [3.05, 3.63) is 87.0 Å². The van der Waals surface area contributed by atoms with Gasteiger partial charge in [-0.3, -0.25) is 29.6 Å². The minimum absolute atomic E-state index is 0.00255. The first-order chi connectivity index (χ1) is 18.8. The van der Waals surface area contributed by atoms with Crippen LogP contribution in [0.25, 0.3) is 28.1 Å².